The highest BCUT2D eigenvalue weighted by molar-refractivity contribution is 7.13. The van der Waals surface area contributed by atoms with Gasteiger partial charge in [-0.1, -0.05) is 6.07 Å². The predicted octanol–water partition coefficient (Wildman–Crippen LogP) is 3.73. The van der Waals surface area contributed by atoms with Crippen LogP contribution in [0, 0.1) is 5.82 Å². The summed E-state index contributed by atoms with van der Waals surface area (Å²) >= 11 is 1.34. The number of ether oxygens (including phenoxy) is 1. The molecule has 3 heterocycles. The van der Waals surface area contributed by atoms with Crippen molar-refractivity contribution in [1.29, 1.82) is 0 Å². The van der Waals surface area contributed by atoms with Crippen LogP contribution in [0.25, 0.3) is 11.3 Å². The maximum atomic E-state index is 14.8. The molecule has 0 saturated carbocycles. The van der Waals surface area contributed by atoms with Gasteiger partial charge >= 0.3 is 6.09 Å². The molecular formula is C19H23FN4O2S. The molecule has 1 aromatic heterocycles. The van der Waals surface area contributed by atoms with E-state index in [1.807, 2.05) is 32.2 Å². The molecule has 0 aliphatic carbocycles. The van der Waals surface area contributed by atoms with Crippen LogP contribution in [0.4, 0.5) is 20.0 Å². The number of halogens is 1. The third-order valence-electron chi connectivity index (χ3n) is 4.94. The highest BCUT2D eigenvalue weighted by Gasteiger charge is 2.47. The number of benzene rings is 1. The van der Waals surface area contributed by atoms with Crippen molar-refractivity contribution >= 4 is 28.2 Å². The number of thiazole rings is 1. The predicted molar refractivity (Wildman–Crippen MR) is 104 cm³/mol. The minimum atomic E-state index is -0.514. The monoisotopic (exact) mass is 390 g/mol. The van der Waals surface area contributed by atoms with E-state index in [1.165, 1.54) is 17.4 Å². The molecule has 144 valence electrons. The number of nitrogen functional groups attached to an aromatic ring is 1. The Balaban J connectivity index is 1.48. The molecule has 0 spiro atoms. The largest absolute Gasteiger partial charge is 0.444 e. The fourth-order valence-corrected chi connectivity index (χ4v) is 4.40. The van der Waals surface area contributed by atoms with Crippen LogP contribution in [-0.4, -0.2) is 46.8 Å². The van der Waals surface area contributed by atoms with E-state index in [-0.39, 0.29) is 24.0 Å². The highest BCUT2D eigenvalue weighted by Crippen LogP contribution is 2.37. The molecule has 4 rings (SSSR count). The number of amides is 1. The molecule has 2 bridgehead atoms. The van der Waals surface area contributed by atoms with Crippen molar-refractivity contribution in [3.8, 4) is 11.3 Å². The lowest BCUT2D eigenvalue weighted by Gasteiger charge is -2.36. The molecule has 2 aliphatic rings. The van der Waals surface area contributed by atoms with Crippen LogP contribution in [0.15, 0.2) is 23.6 Å². The summed E-state index contributed by atoms with van der Waals surface area (Å²) in [4.78, 5) is 20.4. The summed E-state index contributed by atoms with van der Waals surface area (Å²) in [7, 11) is 0. The quantitative estimate of drug-likeness (QED) is 0.846. The number of nitrogens with zero attached hydrogens (tertiary/aromatic N) is 3. The first-order valence-electron chi connectivity index (χ1n) is 8.98. The van der Waals surface area contributed by atoms with E-state index in [1.54, 1.807) is 11.0 Å². The number of likely N-dealkylation sites (tertiary alicyclic amines) is 1. The van der Waals surface area contributed by atoms with E-state index < -0.39 is 5.60 Å². The maximum Gasteiger partial charge on any atom is 0.410 e. The molecule has 8 heteroatoms. The van der Waals surface area contributed by atoms with Crippen LogP contribution in [0.1, 0.15) is 27.2 Å². The van der Waals surface area contributed by atoms with Crippen LogP contribution in [-0.2, 0) is 4.74 Å². The number of hydrogen-bond donors (Lipinski definition) is 1. The number of carbonyl (C=O) groups is 1. The lowest BCUT2D eigenvalue weighted by molar-refractivity contribution is 0.0214. The molecular weight excluding hydrogens is 367 g/mol. The number of fused-ring (bicyclic) bond motifs is 2. The Labute approximate surface area is 161 Å². The number of hydrogen-bond acceptors (Lipinski definition) is 6. The van der Waals surface area contributed by atoms with Gasteiger partial charge in [-0.05, 0) is 39.3 Å². The average molecular weight is 390 g/mol. The number of aromatic nitrogens is 1. The van der Waals surface area contributed by atoms with Gasteiger partial charge < -0.3 is 20.3 Å². The highest BCUT2D eigenvalue weighted by atomic mass is 32.1. The zero-order valence-corrected chi connectivity index (χ0v) is 16.4. The van der Waals surface area contributed by atoms with E-state index >= 15 is 0 Å². The van der Waals surface area contributed by atoms with E-state index in [0.29, 0.717) is 35.2 Å². The number of carbonyl (C=O) groups excluding carboxylic acids is 1. The van der Waals surface area contributed by atoms with E-state index in [9.17, 15) is 9.18 Å². The van der Waals surface area contributed by atoms with E-state index in [4.69, 9.17) is 10.5 Å². The van der Waals surface area contributed by atoms with Crippen LogP contribution < -0.4 is 10.6 Å². The molecule has 27 heavy (non-hydrogen) atoms. The van der Waals surface area contributed by atoms with Gasteiger partial charge in [-0.2, -0.15) is 0 Å². The van der Waals surface area contributed by atoms with Crippen molar-refractivity contribution in [2.45, 2.75) is 44.9 Å². The summed E-state index contributed by atoms with van der Waals surface area (Å²) in [6, 6.07) is 5.32. The topological polar surface area (TPSA) is 71.7 Å². The molecule has 2 unspecified atom stereocenters. The SMILES string of the molecule is CC(C)(C)OC(=O)N1CC2CC1CN2c1ccc(-c2csc(N)n2)cc1F. The second-order valence-electron chi connectivity index (χ2n) is 8.07. The van der Waals surface area contributed by atoms with Crippen molar-refractivity contribution in [2.24, 2.45) is 0 Å². The van der Waals surface area contributed by atoms with Gasteiger partial charge in [0, 0.05) is 30.1 Å². The second kappa shape index (κ2) is 6.37. The summed E-state index contributed by atoms with van der Waals surface area (Å²) in [5.41, 5.74) is 7.11. The Kier molecular flexibility index (Phi) is 4.25. The summed E-state index contributed by atoms with van der Waals surface area (Å²) in [5, 5.41) is 2.29. The molecule has 2 saturated heterocycles. The molecule has 2 N–H and O–H groups in total. The smallest absolute Gasteiger partial charge is 0.410 e. The van der Waals surface area contributed by atoms with Crippen LogP contribution >= 0.6 is 11.3 Å². The standard InChI is InChI=1S/C19H23FN4O2S/c1-19(2,3)26-18(25)24-9-12-7-13(24)8-23(12)16-5-4-11(6-14(16)20)15-10-27-17(21)22-15/h4-6,10,12-13H,7-9H2,1-3H3,(H2,21,22). The molecule has 6 nitrogen and oxygen atoms in total. The van der Waals surface area contributed by atoms with Gasteiger partial charge in [-0.25, -0.2) is 14.2 Å². The van der Waals surface area contributed by atoms with Crippen LogP contribution in [0.5, 0.6) is 0 Å². The van der Waals surface area contributed by atoms with Crippen molar-refractivity contribution in [3.05, 3.63) is 29.4 Å². The van der Waals surface area contributed by atoms with Gasteiger partial charge in [0.25, 0.3) is 0 Å². The van der Waals surface area contributed by atoms with Gasteiger partial charge in [0.15, 0.2) is 5.13 Å². The lowest BCUT2D eigenvalue weighted by atomic mass is 10.1. The van der Waals surface area contributed by atoms with Crippen molar-refractivity contribution in [2.75, 3.05) is 23.7 Å². The minimum absolute atomic E-state index is 0.0577. The third-order valence-corrected chi connectivity index (χ3v) is 5.62. The number of rotatable bonds is 2. The lowest BCUT2D eigenvalue weighted by Crippen LogP contribution is -2.50. The molecule has 0 radical (unpaired) electrons. The van der Waals surface area contributed by atoms with E-state index in [2.05, 4.69) is 9.88 Å². The molecule has 2 atom stereocenters. The Bertz CT molecular complexity index is 879. The maximum absolute atomic E-state index is 14.8. The first-order chi connectivity index (χ1) is 12.7. The third kappa shape index (κ3) is 3.45. The Morgan fingerprint density at radius 2 is 2.11 bits per heavy atom. The molecule has 2 fully saturated rings. The summed E-state index contributed by atoms with van der Waals surface area (Å²) in [6.45, 7) is 6.75. The zero-order valence-electron chi connectivity index (χ0n) is 15.6. The van der Waals surface area contributed by atoms with Crippen molar-refractivity contribution < 1.29 is 13.9 Å². The van der Waals surface area contributed by atoms with E-state index in [0.717, 1.165) is 6.42 Å². The Hall–Kier alpha value is -2.35. The van der Waals surface area contributed by atoms with Crippen molar-refractivity contribution in [1.82, 2.24) is 9.88 Å². The molecule has 2 aliphatic heterocycles. The summed E-state index contributed by atoms with van der Waals surface area (Å²) in [5.74, 6) is -0.282. The number of nitrogens with two attached hydrogens (primary N) is 1. The first kappa shape index (κ1) is 18.0. The second-order valence-corrected chi connectivity index (χ2v) is 8.96. The van der Waals surface area contributed by atoms with Gasteiger partial charge in [-0.3, -0.25) is 0 Å². The summed E-state index contributed by atoms with van der Waals surface area (Å²) < 4.78 is 20.3. The Morgan fingerprint density at radius 3 is 2.67 bits per heavy atom. The van der Waals surface area contributed by atoms with Gasteiger partial charge in [0.1, 0.15) is 11.4 Å². The summed E-state index contributed by atoms with van der Waals surface area (Å²) in [6.07, 6.45) is 0.551. The van der Waals surface area contributed by atoms with Crippen molar-refractivity contribution in [3.63, 3.8) is 0 Å². The van der Waals surface area contributed by atoms with Gasteiger partial charge in [-0.15, -0.1) is 11.3 Å². The first-order valence-corrected chi connectivity index (χ1v) is 9.86. The average Bonchev–Trinajstić information content (AvgIpc) is 3.28. The normalized spacial score (nSPS) is 21.8. The molecule has 1 amide bonds. The van der Waals surface area contributed by atoms with Gasteiger partial charge in [0.2, 0.25) is 0 Å². The van der Waals surface area contributed by atoms with Gasteiger partial charge in [0.05, 0.1) is 17.4 Å². The fraction of sp³-hybridized carbons (Fsp3) is 0.474. The number of piperazine rings is 1. The fourth-order valence-electron chi connectivity index (χ4n) is 3.83. The molecule has 2 aromatic rings. The zero-order chi connectivity index (χ0) is 19.3. The van der Waals surface area contributed by atoms with Crippen LogP contribution in [0.3, 0.4) is 0 Å². The number of anilines is 2. The van der Waals surface area contributed by atoms with Crippen LogP contribution in [0.2, 0.25) is 0 Å². The molecule has 1 aromatic carbocycles. The Morgan fingerprint density at radius 1 is 1.33 bits per heavy atom. The minimum Gasteiger partial charge on any atom is -0.444 e.